The molecule has 0 saturated heterocycles. The van der Waals surface area contributed by atoms with E-state index in [1.807, 2.05) is 0 Å². The van der Waals surface area contributed by atoms with E-state index in [2.05, 4.69) is 65.1 Å². The van der Waals surface area contributed by atoms with Crippen molar-refractivity contribution in [2.75, 3.05) is 13.2 Å². The number of hydrogen-bond donors (Lipinski definition) is 1. The lowest BCUT2D eigenvalue weighted by atomic mass is 9.85. The maximum absolute atomic E-state index is 5.95. The van der Waals surface area contributed by atoms with Crippen molar-refractivity contribution in [2.24, 2.45) is 0 Å². The average Bonchev–Trinajstić information content (AvgIpc) is 2.34. The van der Waals surface area contributed by atoms with Crippen molar-refractivity contribution in [1.82, 2.24) is 5.32 Å². The van der Waals surface area contributed by atoms with Crippen molar-refractivity contribution < 1.29 is 4.74 Å². The Morgan fingerprint density at radius 3 is 2.53 bits per heavy atom. The summed E-state index contributed by atoms with van der Waals surface area (Å²) in [5.74, 6) is 1.02. The Bertz CT molecular complexity index is 393. The molecule has 0 saturated carbocycles. The van der Waals surface area contributed by atoms with E-state index in [1.54, 1.807) is 0 Å². The van der Waals surface area contributed by atoms with Crippen LogP contribution < -0.4 is 10.1 Å². The molecule has 1 unspecified atom stereocenters. The predicted octanol–water partition coefficient (Wildman–Crippen LogP) is 4.06. The summed E-state index contributed by atoms with van der Waals surface area (Å²) in [4.78, 5) is 0. The number of rotatable bonds is 6. The van der Waals surface area contributed by atoms with E-state index in [4.69, 9.17) is 4.74 Å². The Balaban J connectivity index is 2.63. The van der Waals surface area contributed by atoms with Crippen LogP contribution in [-0.4, -0.2) is 19.2 Å². The van der Waals surface area contributed by atoms with Gasteiger partial charge >= 0.3 is 0 Å². The van der Waals surface area contributed by atoms with E-state index >= 15 is 0 Å². The fourth-order valence-corrected chi connectivity index (χ4v) is 1.97. The second kappa shape index (κ2) is 6.95. The summed E-state index contributed by atoms with van der Waals surface area (Å²) in [6, 6.07) is 7.01. The lowest BCUT2D eigenvalue weighted by Gasteiger charge is -2.23. The van der Waals surface area contributed by atoms with Gasteiger partial charge in [0.15, 0.2) is 0 Å². The second-order valence-corrected chi connectivity index (χ2v) is 6.36. The number of ether oxygens (including phenoxy) is 1. The van der Waals surface area contributed by atoms with Gasteiger partial charge in [-0.2, -0.15) is 0 Å². The molecule has 1 N–H and O–H groups in total. The highest BCUT2D eigenvalue weighted by Gasteiger charge is 2.19. The van der Waals surface area contributed by atoms with Gasteiger partial charge in [0.25, 0.3) is 0 Å². The smallest absolute Gasteiger partial charge is 0.123 e. The Morgan fingerprint density at radius 1 is 1.26 bits per heavy atom. The maximum Gasteiger partial charge on any atom is 0.123 e. The molecule has 108 valence electrons. The van der Waals surface area contributed by atoms with E-state index < -0.39 is 0 Å². The molecule has 0 aromatic heterocycles. The van der Waals surface area contributed by atoms with E-state index in [0.29, 0.717) is 6.04 Å². The van der Waals surface area contributed by atoms with Crippen LogP contribution in [0.25, 0.3) is 0 Å². The van der Waals surface area contributed by atoms with E-state index in [0.717, 1.165) is 25.3 Å². The third-order valence-corrected chi connectivity index (χ3v) is 3.41. The summed E-state index contributed by atoms with van der Waals surface area (Å²) in [6.45, 7) is 14.8. The Labute approximate surface area is 118 Å². The monoisotopic (exact) mass is 263 g/mol. The van der Waals surface area contributed by atoms with Gasteiger partial charge in [0.2, 0.25) is 0 Å². The predicted molar refractivity (Wildman–Crippen MR) is 83.1 cm³/mol. The lowest BCUT2D eigenvalue weighted by Crippen LogP contribution is -2.29. The molecule has 0 bridgehead atoms. The summed E-state index contributed by atoms with van der Waals surface area (Å²) in [5, 5.41) is 3.45. The van der Waals surface area contributed by atoms with Crippen LogP contribution in [0.4, 0.5) is 0 Å². The Morgan fingerprint density at radius 2 is 1.95 bits per heavy atom. The maximum atomic E-state index is 5.95. The second-order valence-electron chi connectivity index (χ2n) is 6.36. The minimum Gasteiger partial charge on any atom is -0.492 e. The highest BCUT2D eigenvalue weighted by molar-refractivity contribution is 5.41. The molecule has 0 heterocycles. The third-order valence-electron chi connectivity index (χ3n) is 3.41. The molecule has 0 spiro atoms. The van der Waals surface area contributed by atoms with Crippen LogP contribution in [0, 0.1) is 6.92 Å². The largest absolute Gasteiger partial charge is 0.492 e. The molecule has 0 fully saturated rings. The lowest BCUT2D eigenvalue weighted by molar-refractivity contribution is 0.298. The van der Waals surface area contributed by atoms with Gasteiger partial charge in [0.1, 0.15) is 12.4 Å². The highest BCUT2D eigenvalue weighted by atomic mass is 16.5. The van der Waals surface area contributed by atoms with Crippen LogP contribution >= 0.6 is 0 Å². The topological polar surface area (TPSA) is 21.3 Å². The van der Waals surface area contributed by atoms with E-state index in [9.17, 15) is 0 Å². The first-order chi connectivity index (χ1) is 8.84. The molecular weight excluding hydrogens is 234 g/mol. The van der Waals surface area contributed by atoms with E-state index in [-0.39, 0.29) is 5.41 Å². The van der Waals surface area contributed by atoms with Crippen LogP contribution in [0.5, 0.6) is 5.75 Å². The first-order valence-corrected chi connectivity index (χ1v) is 7.32. The molecule has 0 amide bonds. The van der Waals surface area contributed by atoms with Gasteiger partial charge < -0.3 is 10.1 Å². The van der Waals surface area contributed by atoms with Crippen molar-refractivity contribution in [2.45, 2.75) is 59.4 Å². The summed E-state index contributed by atoms with van der Waals surface area (Å²) in [6.07, 6.45) is 1.15. The van der Waals surface area contributed by atoms with Crippen LogP contribution in [-0.2, 0) is 5.41 Å². The molecule has 0 aliphatic rings. The van der Waals surface area contributed by atoms with Gasteiger partial charge in [-0.15, -0.1) is 0 Å². The SMILES string of the molecule is CCC(C)NCCOc1ccc(C)cc1C(C)(C)C. The Hall–Kier alpha value is -1.02. The van der Waals surface area contributed by atoms with Crippen LogP contribution in [0.1, 0.15) is 52.2 Å². The van der Waals surface area contributed by atoms with Gasteiger partial charge in [0.05, 0.1) is 0 Å². The molecule has 1 aromatic carbocycles. The van der Waals surface area contributed by atoms with Crippen molar-refractivity contribution in [3.05, 3.63) is 29.3 Å². The van der Waals surface area contributed by atoms with Crippen LogP contribution in [0.15, 0.2) is 18.2 Å². The molecule has 1 rings (SSSR count). The van der Waals surface area contributed by atoms with Gasteiger partial charge in [0, 0.05) is 12.6 Å². The normalized spacial score (nSPS) is 13.4. The third kappa shape index (κ3) is 5.23. The molecule has 1 atom stereocenters. The number of aryl methyl sites for hydroxylation is 1. The van der Waals surface area contributed by atoms with Crippen molar-refractivity contribution >= 4 is 0 Å². The quantitative estimate of drug-likeness (QED) is 0.782. The van der Waals surface area contributed by atoms with Crippen LogP contribution in [0.2, 0.25) is 0 Å². The zero-order valence-electron chi connectivity index (χ0n) is 13.3. The summed E-state index contributed by atoms with van der Waals surface area (Å²) in [5.41, 5.74) is 2.69. The fourth-order valence-electron chi connectivity index (χ4n) is 1.97. The zero-order chi connectivity index (χ0) is 14.5. The van der Waals surface area contributed by atoms with Crippen molar-refractivity contribution in [1.29, 1.82) is 0 Å². The summed E-state index contributed by atoms with van der Waals surface area (Å²) >= 11 is 0. The van der Waals surface area contributed by atoms with Gasteiger partial charge in [-0.3, -0.25) is 0 Å². The highest BCUT2D eigenvalue weighted by Crippen LogP contribution is 2.31. The average molecular weight is 263 g/mol. The number of nitrogens with one attached hydrogen (secondary N) is 1. The zero-order valence-corrected chi connectivity index (χ0v) is 13.3. The minimum absolute atomic E-state index is 0.117. The molecule has 2 heteroatoms. The molecule has 0 aliphatic carbocycles. The van der Waals surface area contributed by atoms with Gasteiger partial charge in [-0.1, -0.05) is 45.4 Å². The summed E-state index contributed by atoms with van der Waals surface area (Å²) in [7, 11) is 0. The van der Waals surface area contributed by atoms with Crippen molar-refractivity contribution in [3.8, 4) is 5.75 Å². The molecule has 19 heavy (non-hydrogen) atoms. The van der Waals surface area contributed by atoms with Crippen molar-refractivity contribution in [3.63, 3.8) is 0 Å². The molecule has 2 nitrogen and oxygen atoms in total. The minimum atomic E-state index is 0.117. The molecule has 1 aromatic rings. The van der Waals surface area contributed by atoms with E-state index in [1.165, 1.54) is 11.1 Å². The first kappa shape index (κ1) is 16.0. The summed E-state index contributed by atoms with van der Waals surface area (Å²) < 4.78 is 5.95. The van der Waals surface area contributed by atoms with Crippen LogP contribution in [0.3, 0.4) is 0 Å². The molecule has 0 radical (unpaired) electrons. The number of benzene rings is 1. The Kier molecular flexibility index (Phi) is 5.86. The van der Waals surface area contributed by atoms with Gasteiger partial charge in [-0.25, -0.2) is 0 Å². The molecular formula is C17H29NO. The number of hydrogen-bond acceptors (Lipinski definition) is 2. The fraction of sp³-hybridized carbons (Fsp3) is 0.647. The first-order valence-electron chi connectivity index (χ1n) is 7.32. The molecule has 0 aliphatic heterocycles. The van der Waals surface area contributed by atoms with Gasteiger partial charge in [-0.05, 0) is 37.3 Å². The standard InChI is InChI=1S/C17H29NO/c1-7-14(3)18-10-11-19-16-9-8-13(2)12-15(16)17(4,5)6/h8-9,12,14,18H,7,10-11H2,1-6H3.